The van der Waals surface area contributed by atoms with Crippen molar-refractivity contribution >= 4 is 0 Å². The lowest BCUT2D eigenvalue weighted by atomic mass is 10.3. The van der Waals surface area contributed by atoms with Gasteiger partial charge in [-0.15, -0.1) is 0 Å². The van der Waals surface area contributed by atoms with Crippen LogP contribution in [0.1, 0.15) is 11.3 Å². The second-order valence-electron chi connectivity index (χ2n) is 2.33. The van der Waals surface area contributed by atoms with E-state index in [1.54, 1.807) is 19.9 Å². The normalized spacial score (nSPS) is 9.80. The van der Waals surface area contributed by atoms with Gasteiger partial charge in [-0.1, -0.05) is 6.07 Å². The Balaban J connectivity index is 3.50. The lowest BCUT2D eigenvalue weighted by Crippen LogP contribution is -2.30. The molecule has 0 saturated heterocycles. The minimum atomic E-state index is -0.125. The van der Waals surface area contributed by atoms with Crippen LogP contribution in [0, 0.1) is 13.8 Å². The Morgan fingerprint density at radius 1 is 1.40 bits per heavy atom. The molecule has 1 aromatic heterocycles. The molecule has 54 valence electrons. The van der Waals surface area contributed by atoms with E-state index in [1.165, 1.54) is 0 Å². The molecule has 0 aliphatic heterocycles. The van der Waals surface area contributed by atoms with Crippen LogP contribution >= 0.6 is 0 Å². The van der Waals surface area contributed by atoms with E-state index in [9.17, 15) is 4.79 Å². The summed E-state index contributed by atoms with van der Waals surface area (Å²) in [6.45, 7) is 3.53. The summed E-state index contributed by atoms with van der Waals surface area (Å²) in [5.41, 5.74) is 1.32. The number of hydrogen-bond acceptors (Lipinski definition) is 2. The maximum Gasteiger partial charge on any atom is 0.271 e. The third kappa shape index (κ3) is 0.900. The van der Waals surface area contributed by atoms with Gasteiger partial charge in [0.15, 0.2) is 0 Å². The van der Waals surface area contributed by atoms with Crippen molar-refractivity contribution in [2.75, 3.05) is 5.84 Å². The third-order valence-corrected chi connectivity index (χ3v) is 1.51. The SMILES string of the molecule is Cc1ccc(C)n(N)c1=O. The first-order valence-corrected chi connectivity index (χ1v) is 3.07. The topological polar surface area (TPSA) is 48.0 Å². The maximum absolute atomic E-state index is 11.0. The highest BCUT2D eigenvalue weighted by Gasteiger charge is 1.96. The molecule has 0 amide bonds. The van der Waals surface area contributed by atoms with E-state index in [4.69, 9.17) is 5.84 Å². The largest absolute Gasteiger partial charge is 0.336 e. The van der Waals surface area contributed by atoms with Crippen molar-refractivity contribution in [1.29, 1.82) is 0 Å². The van der Waals surface area contributed by atoms with E-state index in [1.807, 2.05) is 6.07 Å². The van der Waals surface area contributed by atoms with E-state index >= 15 is 0 Å². The molecule has 10 heavy (non-hydrogen) atoms. The van der Waals surface area contributed by atoms with E-state index in [0.29, 0.717) is 5.56 Å². The number of nitrogens with two attached hydrogens (primary N) is 1. The van der Waals surface area contributed by atoms with E-state index in [-0.39, 0.29) is 5.56 Å². The smallest absolute Gasteiger partial charge is 0.271 e. The number of hydrogen-bond donors (Lipinski definition) is 1. The fourth-order valence-corrected chi connectivity index (χ4v) is 0.747. The lowest BCUT2D eigenvalue weighted by molar-refractivity contribution is 0.873. The summed E-state index contributed by atoms with van der Waals surface area (Å²) >= 11 is 0. The van der Waals surface area contributed by atoms with Crippen LogP contribution in [-0.2, 0) is 0 Å². The van der Waals surface area contributed by atoms with Gasteiger partial charge in [0.2, 0.25) is 0 Å². The van der Waals surface area contributed by atoms with Crippen LogP contribution in [0.25, 0.3) is 0 Å². The van der Waals surface area contributed by atoms with Gasteiger partial charge in [-0.2, -0.15) is 0 Å². The molecule has 0 atom stereocenters. The summed E-state index contributed by atoms with van der Waals surface area (Å²) in [6, 6.07) is 3.58. The Hall–Kier alpha value is -1.25. The fourth-order valence-electron chi connectivity index (χ4n) is 0.747. The lowest BCUT2D eigenvalue weighted by Gasteiger charge is -2.01. The molecule has 1 heterocycles. The second kappa shape index (κ2) is 2.17. The van der Waals surface area contributed by atoms with Crippen molar-refractivity contribution < 1.29 is 0 Å². The summed E-state index contributed by atoms with van der Waals surface area (Å²) in [7, 11) is 0. The van der Waals surface area contributed by atoms with Crippen LogP contribution in [0.5, 0.6) is 0 Å². The van der Waals surface area contributed by atoms with Gasteiger partial charge in [-0.25, -0.2) is 4.68 Å². The number of aryl methyl sites for hydroxylation is 2. The van der Waals surface area contributed by atoms with Crippen LogP contribution in [0.3, 0.4) is 0 Å². The minimum Gasteiger partial charge on any atom is -0.336 e. The van der Waals surface area contributed by atoms with Crippen molar-refractivity contribution in [1.82, 2.24) is 4.68 Å². The standard InChI is InChI=1S/C7H10N2O/c1-5-3-4-6(2)9(8)7(5)10/h3-4H,8H2,1-2H3. The van der Waals surface area contributed by atoms with Crippen LogP contribution in [0.2, 0.25) is 0 Å². The predicted octanol–water partition coefficient (Wildman–Crippen LogP) is 0.179. The zero-order valence-electron chi connectivity index (χ0n) is 6.09. The van der Waals surface area contributed by atoms with E-state index in [2.05, 4.69) is 0 Å². The first-order chi connectivity index (χ1) is 4.63. The van der Waals surface area contributed by atoms with Gasteiger partial charge in [0.25, 0.3) is 5.56 Å². The second-order valence-corrected chi connectivity index (χ2v) is 2.33. The maximum atomic E-state index is 11.0. The van der Waals surface area contributed by atoms with E-state index in [0.717, 1.165) is 10.4 Å². The number of aromatic nitrogens is 1. The Morgan fingerprint density at radius 2 is 2.00 bits per heavy atom. The Bertz CT molecular complexity index is 301. The summed E-state index contributed by atoms with van der Waals surface area (Å²) in [4.78, 5) is 11.0. The number of nitrogen functional groups attached to an aromatic ring is 1. The summed E-state index contributed by atoms with van der Waals surface area (Å²) in [5.74, 6) is 5.39. The Morgan fingerprint density at radius 3 is 2.50 bits per heavy atom. The van der Waals surface area contributed by atoms with Crippen molar-refractivity contribution in [2.24, 2.45) is 0 Å². The molecular weight excluding hydrogens is 128 g/mol. The van der Waals surface area contributed by atoms with Gasteiger partial charge in [0, 0.05) is 11.3 Å². The third-order valence-electron chi connectivity index (χ3n) is 1.51. The summed E-state index contributed by atoms with van der Waals surface area (Å²) < 4.78 is 1.15. The monoisotopic (exact) mass is 138 g/mol. The van der Waals surface area contributed by atoms with Crippen molar-refractivity contribution in [3.05, 3.63) is 33.7 Å². The van der Waals surface area contributed by atoms with Crippen LogP contribution in [0.4, 0.5) is 0 Å². The van der Waals surface area contributed by atoms with Crippen molar-refractivity contribution in [3.63, 3.8) is 0 Å². The Kier molecular flexibility index (Phi) is 1.49. The molecule has 0 saturated carbocycles. The average Bonchev–Trinajstić information content (AvgIpc) is 1.93. The zero-order valence-corrected chi connectivity index (χ0v) is 6.09. The molecule has 0 aromatic carbocycles. The Labute approximate surface area is 59.1 Å². The molecular formula is C7H10N2O. The molecule has 0 aliphatic carbocycles. The average molecular weight is 138 g/mol. The summed E-state index contributed by atoms with van der Waals surface area (Å²) in [6.07, 6.45) is 0. The highest BCUT2D eigenvalue weighted by atomic mass is 16.1. The quantitative estimate of drug-likeness (QED) is 0.520. The number of pyridine rings is 1. The van der Waals surface area contributed by atoms with Crippen LogP contribution in [-0.4, -0.2) is 4.68 Å². The van der Waals surface area contributed by atoms with Crippen LogP contribution in [0.15, 0.2) is 16.9 Å². The number of rotatable bonds is 0. The molecule has 0 bridgehead atoms. The molecule has 0 unspecified atom stereocenters. The molecule has 0 radical (unpaired) electrons. The van der Waals surface area contributed by atoms with Crippen molar-refractivity contribution in [3.8, 4) is 0 Å². The highest BCUT2D eigenvalue weighted by Crippen LogP contribution is 1.91. The molecule has 2 N–H and O–H groups in total. The van der Waals surface area contributed by atoms with Crippen molar-refractivity contribution in [2.45, 2.75) is 13.8 Å². The van der Waals surface area contributed by atoms with Crippen LogP contribution < -0.4 is 11.4 Å². The number of nitrogens with zero attached hydrogens (tertiary/aromatic N) is 1. The van der Waals surface area contributed by atoms with Gasteiger partial charge < -0.3 is 5.84 Å². The van der Waals surface area contributed by atoms with Gasteiger partial charge in [0.1, 0.15) is 0 Å². The first-order valence-electron chi connectivity index (χ1n) is 3.07. The minimum absolute atomic E-state index is 0.125. The van der Waals surface area contributed by atoms with Gasteiger partial charge in [-0.3, -0.25) is 4.79 Å². The highest BCUT2D eigenvalue weighted by molar-refractivity contribution is 5.13. The van der Waals surface area contributed by atoms with E-state index < -0.39 is 0 Å². The summed E-state index contributed by atoms with van der Waals surface area (Å²) in [5, 5.41) is 0. The molecule has 0 fully saturated rings. The fraction of sp³-hybridized carbons (Fsp3) is 0.286. The molecule has 0 spiro atoms. The molecule has 1 rings (SSSR count). The first kappa shape index (κ1) is 6.86. The molecule has 1 aromatic rings. The predicted molar refractivity (Wildman–Crippen MR) is 40.3 cm³/mol. The van der Waals surface area contributed by atoms with Gasteiger partial charge in [0.05, 0.1) is 0 Å². The molecule has 0 aliphatic rings. The van der Waals surface area contributed by atoms with Gasteiger partial charge in [-0.05, 0) is 19.9 Å². The molecule has 3 nitrogen and oxygen atoms in total. The van der Waals surface area contributed by atoms with Gasteiger partial charge >= 0.3 is 0 Å². The zero-order chi connectivity index (χ0) is 7.72. The molecule has 3 heteroatoms.